The summed E-state index contributed by atoms with van der Waals surface area (Å²) < 4.78 is 10.3. The molecule has 1 aromatic heterocycles. The lowest BCUT2D eigenvalue weighted by molar-refractivity contribution is -0.127. The van der Waals surface area contributed by atoms with E-state index in [1.165, 1.54) is 18.9 Å². The Bertz CT molecular complexity index is 757. The van der Waals surface area contributed by atoms with E-state index in [1.54, 1.807) is 19.1 Å². The Morgan fingerprint density at radius 3 is 2.42 bits per heavy atom. The minimum absolute atomic E-state index is 0.198. The van der Waals surface area contributed by atoms with Gasteiger partial charge in [0.1, 0.15) is 5.75 Å². The molecule has 0 aliphatic rings. The number of methoxy groups -OCH3 is 1. The van der Waals surface area contributed by atoms with E-state index in [0.717, 1.165) is 0 Å². The summed E-state index contributed by atoms with van der Waals surface area (Å²) in [5.74, 6) is 0.380. The van der Waals surface area contributed by atoms with Crippen molar-refractivity contribution in [3.63, 3.8) is 0 Å². The molecule has 1 atom stereocenters. The van der Waals surface area contributed by atoms with E-state index in [-0.39, 0.29) is 12.5 Å². The van der Waals surface area contributed by atoms with Crippen molar-refractivity contribution in [2.75, 3.05) is 7.11 Å². The Kier molecular flexibility index (Phi) is 6.72. The predicted molar refractivity (Wildman–Crippen MR) is 98.0 cm³/mol. The van der Waals surface area contributed by atoms with Crippen LogP contribution in [0.1, 0.15) is 48.3 Å². The van der Waals surface area contributed by atoms with Crippen LogP contribution in [0.4, 0.5) is 0 Å². The number of hydrogen-bond donors (Lipinski definition) is 1. The molecule has 0 saturated carbocycles. The zero-order valence-electron chi connectivity index (χ0n) is 15.5. The van der Waals surface area contributed by atoms with Crippen molar-refractivity contribution < 1.29 is 19.1 Å². The minimum Gasteiger partial charge on any atom is -0.481 e. The maximum atomic E-state index is 12.2. The standard InChI is InChI=1S/C20H24N2O4/c1-13(2)15-5-7-18(8-6-15)26-14(3)19(23)22-12-17-11-16(9-10-21-17)20(24)25-4/h5-11,13-14H,12H2,1-4H3,(H,22,23). The van der Waals surface area contributed by atoms with Crippen LogP contribution in [0.5, 0.6) is 5.75 Å². The number of esters is 1. The largest absolute Gasteiger partial charge is 0.481 e. The first-order valence-electron chi connectivity index (χ1n) is 8.48. The molecular formula is C20H24N2O4. The van der Waals surface area contributed by atoms with Crippen LogP contribution in [0.2, 0.25) is 0 Å². The van der Waals surface area contributed by atoms with Crippen molar-refractivity contribution in [1.29, 1.82) is 0 Å². The van der Waals surface area contributed by atoms with Crippen LogP contribution >= 0.6 is 0 Å². The molecule has 138 valence electrons. The first-order valence-corrected chi connectivity index (χ1v) is 8.48. The quantitative estimate of drug-likeness (QED) is 0.772. The molecule has 0 aliphatic carbocycles. The summed E-state index contributed by atoms with van der Waals surface area (Å²) in [4.78, 5) is 27.9. The number of ether oxygens (including phenoxy) is 2. The molecule has 1 aromatic carbocycles. The molecule has 0 saturated heterocycles. The molecule has 1 amide bonds. The first kappa shape index (κ1) is 19.4. The lowest BCUT2D eigenvalue weighted by Crippen LogP contribution is -2.36. The van der Waals surface area contributed by atoms with Crippen LogP contribution < -0.4 is 10.1 Å². The summed E-state index contributed by atoms with van der Waals surface area (Å²) in [6.07, 6.45) is 0.855. The zero-order valence-corrected chi connectivity index (χ0v) is 15.5. The first-order chi connectivity index (χ1) is 12.4. The summed E-state index contributed by atoms with van der Waals surface area (Å²) in [7, 11) is 1.32. The molecule has 0 fully saturated rings. The molecule has 0 bridgehead atoms. The van der Waals surface area contributed by atoms with Gasteiger partial charge < -0.3 is 14.8 Å². The molecular weight excluding hydrogens is 332 g/mol. The monoisotopic (exact) mass is 356 g/mol. The summed E-state index contributed by atoms with van der Waals surface area (Å²) in [6, 6.07) is 10.9. The van der Waals surface area contributed by atoms with Gasteiger partial charge in [0, 0.05) is 6.20 Å². The maximum absolute atomic E-state index is 12.2. The van der Waals surface area contributed by atoms with Gasteiger partial charge in [0.25, 0.3) is 5.91 Å². The minimum atomic E-state index is -0.649. The molecule has 1 N–H and O–H groups in total. The van der Waals surface area contributed by atoms with Crippen molar-refractivity contribution in [2.45, 2.75) is 39.3 Å². The second kappa shape index (κ2) is 8.99. The molecule has 2 rings (SSSR count). The van der Waals surface area contributed by atoms with E-state index < -0.39 is 12.1 Å². The fourth-order valence-corrected chi connectivity index (χ4v) is 2.33. The second-order valence-corrected chi connectivity index (χ2v) is 6.23. The number of aromatic nitrogens is 1. The maximum Gasteiger partial charge on any atom is 0.337 e. The van der Waals surface area contributed by atoms with Gasteiger partial charge in [0.2, 0.25) is 0 Å². The summed E-state index contributed by atoms with van der Waals surface area (Å²) in [6.45, 7) is 6.12. The van der Waals surface area contributed by atoms with Crippen molar-refractivity contribution in [2.24, 2.45) is 0 Å². The van der Waals surface area contributed by atoms with E-state index in [9.17, 15) is 9.59 Å². The van der Waals surface area contributed by atoms with Crippen LogP contribution in [0, 0.1) is 0 Å². The summed E-state index contributed by atoms with van der Waals surface area (Å²) >= 11 is 0. The zero-order chi connectivity index (χ0) is 19.1. The number of carbonyl (C=O) groups is 2. The fourth-order valence-electron chi connectivity index (χ4n) is 2.33. The van der Waals surface area contributed by atoms with Gasteiger partial charge >= 0.3 is 5.97 Å². The number of hydrogen-bond acceptors (Lipinski definition) is 5. The smallest absolute Gasteiger partial charge is 0.337 e. The Morgan fingerprint density at radius 1 is 1.12 bits per heavy atom. The Balaban J connectivity index is 1.90. The molecule has 0 spiro atoms. The van der Waals surface area contributed by atoms with E-state index in [1.807, 2.05) is 24.3 Å². The highest BCUT2D eigenvalue weighted by Gasteiger charge is 2.15. The van der Waals surface area contributed by atoms with Gasteiger partial charge in [-0.3, -0.25) is 9.78 Å². The highest BCUT2D eigenvalue weighted by atomic mass is 16.5. The van der Waals surface area contributed by atoms with Gasteiger partial charge in [-0.05, 0) is 42.7 Å². The molecule has 2 aromatic rings. The number of nitrogens with zero attached hydrogens (tertiary/aromatic N) is 1. The highest BCUT2D eigenvalue weighted by Crippen LogP contribution is 2.19. The molecule has 26 heavy (non-hydrogen) atoms. The van der Waals surface area contributed by atoms with Crippen LogP contribution in [-0.4, -0.2) is 30.1 Å². The number of rotatable bonds is 7. The predicted octanol–water partition coefficient (Wildman–Crippen LogP) is 3.08. The molecule has 0 radical (unpaired) electrons. The van der Waals surface area contributed by atoms with Gasteiger partial charge in [-0.2, -0.15) is 0 Å². The SMILES string of the molecule is COC(=O)c1ccnc(CNC(=O)C(C)Oc2ccc(C(C)C)cc2)c1. The number of benzene rings is 1. The lowest BCUT2D eigenvalue weighted by atomic mass is 10.0. The van der Waals surface area contributed by atoms with E-state index in [4.69, 9.17) is 4.74 Å². The number of carbonyl (C=O) groups excluding carboxylic acids is 2. The van der Waals surface area contributed by atoms with Crippen molar-refractivity contribution in [1.82, 2.24) is 10.3 Å². The third-order valence-corrected chi connectivity index (χ3v) is 3.91. The summed E-state index contributed by atoms with van der Waals surface area (Å²) in [5.41, 5.74) is 2.17. The Hall–Kier alpha value is -2.89. The highest BCUT2D eigenvalue weighted by molar-refractivity contribution is 5.89. The van der Waals surface area contributed by atoms with Crippen molar-refractivity contribution >= 4 is 11.9 Å². The van der Waals surface area contributed by atoms with Crippen molar-refractivity contribution in [3.05, 3.63) is 59.4 Å². The number of amides is 1. The molecule has 6 nitrogen and oxygen atoms in total. The molecule has 0 aliphatic heterocycles. The Labute approximate surface area is 153 Å². The lowest BCUT2D eigenvalue weighted by Gasteiger charge is -2.15. The van der Waals surface area contributed by atoms with Gasteiger partial charge in [-0.15, -0.1) is 0 Å². The topological polar surface area (TPSA) is 77.5 Å². The number of pyridine rings is 1. The van der Waals surface area contributed by atoms with Gasteiger partial charge in [0.05, 0.1) is 24.9 Å². The third kappa shape index (κ3) is 5.31. The van der Waals surface area contributed by atoms with Gasteiger partial charge in [-0.1, -0.05) is 26.0 Å². The van der Waals surface area contributed by atoms with Crippen LogP contribution in [0.3, 0.4) is 0 Å². The molecule has 1 heterocycles. The van der Waals surface area contributed by atoms with Gasteiger partial charge in [-0.25, -0.2) is 4.79 Å². The van der Waals surface area contributed by atoms with Crippen LogP contribution in [0.15, 0.2) is 42.6 Å². The normalized spacial score (nSPS) is 11.7. The van der Waals surface area contributed by atoms with E-state index >= 15 is 0 Å². The average Bonchev–Trinajstić information content (AvgIpc) is 2.66. The van der Waals surface area contributed by atoms with Crippen LogP contribution in [-0.2, 0) is 16.1 Å². The van der Waals surface area contributed by atoms with E-state index in [0.29, 0.717) is 22.9 Å². The summed E-state index contributed by atoms with van der Waals surface area (Å²) in [5, 5.41) is 2.75. The Morgan fingerprint density at radius 2 is 1.81 bits per heavy atom. The van der Waals surface area contributed by atoms with Crippen LogP contribution in [0.25, 0.3) is 0 Å². The molecule has 6 heteroatoms. The average molecular weight is 356 g/mol. The third-order valence-electron chi connectivity index (χ3n) is 3.91. The van der Waals surface area contributed by atoms with Crippen molar-refractivity contribution in [3.8, 4) is 5.75 Å². The number of nitrogens with one attached hydrogen (secondary N) is 1. The van der Waals surface area contributed by atoms with Gasteiger partial charge in [0.15, 0.2) is 6.10 Å². The van der Waals surface area contributed by atoms with E-state index in [2.05, 4.69) is 28.9 Å². The fraction of sp³-hybridized carbons (Fsp3) is 0.350. The second-order valence-electron chi connectivity index (χ2n) is 6.23. The molecule has 1 unspecified atom stereocenters.